The van der Waals surface area contributed by atoms with E-state index in [1.165, 1.54) is 11.3 Å². The van der Waals surface area contributed by atoms with Crippen molar-refractivity contribution in [3.63, 3.8) is 0 Å². The van der Waals surface area contributed by atoms with Crippen molar-refractivity contribution in [2.45, 2.75) is 26.2 Å². The van der Waals surface area contributed by atoms with E-state index in [1.807, 2.05) is 36.9 Å². The largest absolute Gasteiger partial charge is 0.376 e. The molecule has 26 heavy (non-hydrogen) atoms. The number of pyridine rings is 2. The minimum absolute atomic E-state index is 0.398. The van der Waals surface area contributed by atoms with Gasteiger partial charge in [-0.05, 0) is 35.4 Å². The fraction of sp³-hybridized carbons (Fsp3) is 0.350. The van der Waals surface area contributed by atoms with Gasteiger partial charge in [0.05, 0.1) is 18.9 Å². The van der Waals surface area contributed by atoms with E-state index in [1.54, 1.807) is 6.20 Å². The molecule has 6 heteroatoms. The molecule has 4 heterocycles. The molecule has 0 saturated heterocycles. The maximum Gasteiger partial charge on any atom is 0.0731 e. The first-order valence-electron chi connectivity index (χ1n) is 8.95. The molecular weight excluding hydrogens is 326 g/mol. The summed E-state index contributed by atoms with van der Waals surface area (Å²) >= 11 is 0. The van der Waals surface area contributed by atoms with Crippen LogP contribution in [0.2, 0.25) is 0 Å². The van der Waals surface area contributed by atoms with Crippen molar-refractivity contribution in [2.24, 2.45) is 5.92 Å². The Bertz CT molecular complexity index is 805. The summed E-state index contributed by atoms with van der Waals surface area (Å²) in [6.45, 7) is 5.00. The standard InChI is InChI=1S/C20H23N5O/c1-2-18(10-22-6-1)15-26-16-19-12-24(11-17-3-7-21-8-4-17)14-20-5-9-23-25(20)13-19/h1-10,19H,11-16H2. The first-order valence-corrected chi connectivity index (χ1v) is 8.95. The van der Waals surface area contributed by atoms with Gasteiger partial charge >= 0.3 is 0 Å². The highest BCUT2D eigenvalue weighted by Crippen LogP contribution is 2.18. The van der Waals surface area contributed by atoms with Crippen molar-refractivity contribution < 1.29 is 4.74 Å². The van der Waals surface area contributed by atoms with Crippen LogP contribution < -0.4 is 0 Å². The monoisotopic (exact) mass is 349 g/mol. The number of hydrogen-bond acceptors (Lipinski definition) is 5. The van der Waals surface area contributed by atoms with Gasteiger partial charge in [0.1, 0.15) is 0 Å². The smallest absolute Gasteiger partial charge is 0.0731 e. The second-order valence-electron chi connectivity index (χ2n) is 6.77. The summed E-state index contributed by atoms with van der Waals surface area (Å²) in [5.41, 5.74) is 3.64. The molecule has 134 valence electrons. The highest BCUT2D eigenvalue weighted by atomic mass is 16.5. The molecular formula is C20H23N5O. The Balaban J connectivity index is 1.40. The Kier molecular flexibility index (Phi) is 5.33. The van der Waals surface area contributed by atoms with Gasteiger partial charge in [0.15, 0.2) is 0 Å². The minimum atomic E-state index is 0.398. The van der Waals surface area contributed by atoms with Crippen molar-refractivity contribution in [1.82, 2.24) is 24.6 Å². The van der Waals surface area contributed by atoms with Gasteiger partial charge in [0, 0.05) is 63.1 Å². The van der Waals surface area contributed by atoms with Gasteiger partial charge in [-0.1, -0.05) is 6.07 Å². The van der Waals surface area contributed by atoms with Crippen molar-refractivity contribution >= 4 is 0 Å². The van der Waals surface area contributed by atoms with E-state index in [0.717, 1.165) is 31.7 Å². The summed E-state index contributed by atoms with van der Waals surface area (Å²) in [7, 11) is 0. The summed E-state index contributed by atoms with van der Waals surface area (Å²) in [5, 5.41) is 4.49. The van der Waals surface area contributed by atoms with Gasteiger partial charge in [-0.15, -0.1) is 0 Å². The van der Waals surface area contributed by atoms with Crippen LogP contribution in [0, 0.1) is 5.92 Å². The summed E-state index contributed by atoms with van der Waals surface area (Å²) in [6.07, 6.45) is 9.23. The topological polar surface area (TPSA) is 56.1 Å². The lowest BCUT2D eigenvalue weighted by atomic mass is 10.1. The Morgan fingerprint density at radius 2 is 1.88 bits per heavy atom. The van der Waals surface area contributed by atoms with Crippen molar-refractivity contribution in [2.75, 3.05) is 13.2 Å². The van der Waals surface area contributed by atoms with Crippen LogP contribution >= 0.6 is 0 Å². The maximum absolute atomic E-state index is 5.99. The molecule has 0 radical (unpaired) electrons. The molecule has 0 saturated carbocycles. The van der Waals surface area contributed by atoms with Crippen LogP contribution in [0.3, 0.4) is 0 Å². The first-order chi connectivity index (χ1) is 12.9. The molecule has 3 aromatic rings. The van der Waals surface area contributed by atoms with Gasteiger partial charge in [-0.25, -0.2) is 0 Å². The van der Waals surface area contributed by atoms with Crippen LogP contribution in [0.15, 0.2) is 61.3 Å². The van der Waals surface area contributed by atoms with E-state index < -0.39 is 0 Å². The molecule has 0 aromatic carbocycles. The van der Waals surface area contributed by atoms with Crippen LogP contribution in [0.5, 0.6) is 0 Å². The average Bonchev–Trinajstić information content (AvgIpc) is 3.03. The summed E-state index contributed by atoms with van der Waals surface area (Å²) in [4.78, 5) is 10.7. The lowest BCUT2D eigenvalue weighted by Crippen LogP contribution is -2.30. The van der Waals surface area contributed by atoms with Crippen molar-refractivity contribution in [3.05, 3.63) is 78.1 Å². The summed E-state index contributed by atoms with van der Waals surface area (Å²) < 4.78 is 8.10. The second kappa shape index (κ2) is 8.21. The van der Waals surface area contributed by atoms with Gasteiger partial charge in [0.25, 0.3) is 0 Å². The van der Waals surface area contributed by atoms with Gasteiger partial charge < -0.3 is 4.74 Å². The highest BCUT2D eigenvalue weighted by molar-refractivity contribution is 5.11. The Labute approximate surface area is 153 Å². The quantitative estimate of drug-likeness (QED) is 0.684. The highest BCUT2D eigenvalue weighted by Gasteiger charge is 2.22. The molecule has 0 N–H and O–H groups in total. The van der Waals surface area contributed by atoms with Crippen molar-refractivity contribution in [3.8, 4) is 0 Å². The predicted molar refractivity (Wildman–Crippen MR) is 98.0 cm³/mol. The molecule has 1 aliphatic heterocycles. The Hall–Kier alpha value is -2.57. The Morgan fingerprint density at radius 1 is 0.962 bits per heavy atom. The molecule has 0 fully saturated rings. The van der Waals surface area contributed by atoms with Gasteiger partial charge in [-0.2, -0.15) is 5.10 Å². The number of ether oxygens (including phenoxy) is 1. The van der Waals surface area contributed by atoms with E-state index in [2.05, 4.69) is 42.8 Å². The fourth-order valence-corrected chi connectivity index (χ4v) is 3.42. The number of nitrogens with zero attached hydrogens (tertiary/aromatic N) is 5. The number of aromatic nitrogens is 4. The van der Waals surface area contributed by atoms with Gasteiger partial charge in [0.2, 0.25) is 0 Å². The lowest BCUT2D eigenvalue weighted by Gasteiger charge is -2.24. The number of rotatable bonds is 6. The maximum atomic E-state index is 5.99. The third-order valence-corrected chi connectivity index (χ3v) is 4.64. The third kappa shape index (κ3) is 4.33. The number of hydrogen-bond donors (Lipinski definition) is 0. The molecule has 3 aromatic heterocycles. The van der Waals surface area contributed by atoms with Gasteiger partial charge in [-0.3, -0.25) is 19.5 Å². The van der Waals surface area contributed by atoms with Crippen LogP contribution in [-0.2, 0) is 31.0 Å². The zero-order valence-electron chi connectivity index (χ0n) is 14.7. The molecule has 0 amide bonds. The lowest BCUT2D eigenvalue weighted by molar-refractivity contribution is 0.0655. The molecule has 6 nitrogen and oxygen atoms in total. The predicted octanol–water partition coefficient (Wildman–Crippen LogP) is 2.52. The normalized spacial score (nSPS) is 17.6. The summed E-state index contributed by atoms with van der Waals surface area (Å²) in [6, 6.07) is 10.3. The van der Waals surface area contributed by atoms with E-state index in [-0.39, 0.29) is 0 Å². The number of fused-ring (bicyclic) bond motifs is 1. The second-order valence-corrected chi connectivity index (χ2v) is 6.77. The van der Waals surface area contributed by atoms with E-state index in [9.17, 15) is 0 Å². The van der Waals surface area contributed by atoms with Crippen molar-refractivity contribution in [1.29, 1.82) is 0 Å². The first kappa shape index (κ1) is 16.9. The fourth-order valence-electron chi connectivity index (χ4n) is 3.42. The van der Waals surface area contributed by atoms with E-state index >= 15 is 0 Å². The average molecular weight is 349 g/mol. The molecule has 0 aliphatic carbocycles. The zero-order valence-corrected chi connectivity index (χ0v) is 14.7. The molecule has 1 unspecified atom stereocenters. The van der Waals surface area contributed by atoms with E-state index in [4.69, 9.17) is 4.74 Å². The molecule has 0 bridgehead atoms. The summed E-state index contributed by atoms with van der Waals surface area (Å²) in [5.74, 6) is 0.398. The molecule has 4 rings (SSSR count). The van der Waals surface area contributed by atoms with Crippen LogP contribution in [0.1, 0.15) is 16.8 Å². The SMILES string of the molecule is c1cncc(COCC2CN(Cc3ccncc3)Cc3ccnn3C2)c1. The van der Waals surface area contributed by atoms with Crippen LogP contribution in [0.4, 0.5) is 0 Å². The molecule has 0 spiro atoms. The Morgan fingerprint density at radius 3 is 2.73 bits per heavy atom. The van der Waals surface area contributed by atoms with E-state index in [0.29, 0.717) is 19.1 Å². The van der Waals surface area contributed by atoms with Crippen LogP contribution in [-0.4, -0.2) is 37.8 Å². The molecule has 1 aliphatic rings. The van der Waals surface area contributed by atoms with Crippen LogP contribution in [0.25, 0.3) is 0 Å². The zero-order chi connectivity index (χ0) is 17.6. The third-order valence-electron chi connectivity index (χ3n) is 4.64. The minimum Gasteiger partial charge on any atom is -0.376 e. The molecule has 1 atom stereocenters.